The van der Waals surface area contributed by atoms with Crippen molar-refractivity contribution in [3.05, 3.63) is 142 Å². The average molecular weight is 1360 g/mol. The third-order valence-corrected chi connectivity index (χ3v) is 19.2. The third kappa shape index (κ3) is 18.0. The van der Waals surface area contributed by atoms with Crippen molar-refractivity contribution in [3.63, 3.8) is 0 Å². The first kappa shape index (κ1) is 72.7. The number of amides is 8. The molecule has 2 fully saturated rings. The number of fused-ring (bicyclic) bond motifs is 30. The first-order chi connectivity index (χ1) is 46.7. The van der Waals surface area contributed by atoms with Crippen molar-refractivity contribution < 1.29 is 75.8 Å². The van der Waals surface area contributed by atoms with Crippen molar-refractivity contribution >= 4 is 81.1 Å². The molecule has 2 saturated heterocycles. The van der Waals surface area contributed by atoms with Crippen LogP contribution in [0.5, 0.6) is 5.75 Å². The molecule has 1 aliphatic carbocycles. The van der Waals surface area contributed by atoms with Crippen LogP contribution in [0, 0.1) is 23.5 Å². The Balaban J connectivity index is 1.05. The molecule has 8 amide bonds. The Morgan fingerprint density at radius 2 is 1.49 bits per heavy atom. The number of aromatic amines is 1. The molecule has 23 nitrogen and oxygen atoms in total. The number of nitrogens with two attached hydrogens (primary N) is 1. The largest absolute Gasteiger partial charge is 0.497 e. The molecule has 5 heterocycles. The van der Waals surface area contributed by atoms with Crippen molar-refractivity contribution in [1.82, 2.24) is 46.7 Å². The normalized spacial score (nSPS) is 26.1. The maximum absolute atomic E-state index is 16.1. The zero-order valence-electron chi connectivity index (χ0n) is 55.5. The smallest absolute Gasteiger partial charge is 0.246 e. The molecule has 2 bridgehead atoms. The number of rotatable bonds is 10. The fourth-order valence-electron chi connectivity index (χ4n) is 13.6. The molecule has 10 N–H and O–H groups in total. The van der Waals surface area contributed by atoms with Gasteiger partial charge < -0.3 is 62.3 Å². The van der Waals surface area contributed by atoms with E-state index in [1.807, 2.05) is 12.1 Å². The number of ketones is 3. The molecular formula is C72H85F3N10O13. The van der Waals surface area contributed by atoms with Crippen LogP contribution in [0.1, 0.15) is 119 Å². The number of Topliss-reactive ketones (excluding diaryl/α,β-unsaturated/α-hetero) is 3. The van der Waals surface area contributed by atoms with Crippen LogP contribution in [-0.4, -0.2) is 165 Å². The number of alkyl halides is 1. The van der Waals surface area contributed by atoms with E-state index in [4.69, 9.17) is 10.5 Å². The molecule has 5 aliphatic rings. The Morgan fingerprint density at radius 3 is 2.19 bits per heavy atom. The maximum Gasteiger partial charge on any atom is 0.246 e. The van der Waals surface area contributed by atoms with Gasteiger partial charge in [0.1, 0.15) is 47.7 Å². The number of allylic oxidation sites excluding steroid dienone is 1. The van der Waals surface area contributed by atoms with Crippen LogP contribution in [-0.2, 0) is 85.0 Å². The summed E-state index contributed by atoms with van der Waals surface area (Å²) in [6, 6.07) is 12.8. The number of carbonyl (C=O) groups excluding carboxylic acids is 11. The van der Waals surface area contributed by atoms with Gasteiger partial charge in [-0.2, -0.15) is 0 Å². The number of primary amides is 1. The number of aliphatic hydroxyl groups excluding tert-OH is 1. The van der Waals surface area contributed by atoms with Crippen LogP contribution in [0.15, 0.2) is 97.2 Å². The predicted molar refractivity (Wildman–Crippen MR) is 355 cm³/mol. The van der Waals surface area contributed by atoms with Gasteiger partial charge in [0.05, 0.1) is 37.4 Å². The summed E-state index contributed by atoms with van der Waals surface area (Å²) in [5.74, 6) is -11.4. The highest BCUT2D eigenvalue weighted by atomic mass is 19.1. The van der Waals surface area contributed by atoms with E-state index >= 15 is 18.8 Å². The van der Waals surface area contributed by atoms with Gasteiger partial charge in [0, 0.05) is 93.9 Å². The monoisotopic (exact) mass is 1350 g/mol. The van der Waals surface area contributed by atoms with Gasteiger partial charge in [-0.05, 0) is 147 Å². The van der Waals surface area contributed by atoms with Gasteiger partial charge in [0.25, 0.3) is 0 Å². The Morgan fingerprint density at radius 1 is 0.796 bits per heavy atom. The number of methoxy groups -OCH3 is 1. The van der Waals surface area contributed by atoms with Crippen LogP contribution in [0.3, 0.4) is 0 Å². The number of benzene rings is 4. The van der Waals surface area contributed by atoms with E-state index in [1.165, 1.54) is 69.3 Å². The number of ether oxygens (including phenoxy) is 1. The van der Waals surface area contributed by atoms with Crippen LogP contribution in [0.2, 0.25) is 0 Å². The van der Waals surface area contributed by atoms with E-state index in [-0.39, 0.29) is 70.9 Å². The highest BCUT2D eigenvalue weighted by molar-refractivity contribution is 6.01. The second kappa shape index (κ2) is 32.2. The van der Waals surface area contributed by atoms with Gasteiger partial charge in [0.15, 0.2) is 17.3 Å². The standard InChI is InChI=1S/C72H85F3N10O13/c1-39-62(89)31-48(29-49-37-78-56-20-17-51(74)34-55(49)56)67(93)81-59(30-46-14-13-45-15-16-50(73)33-54(45)46)70(96)84-38-52(75)35-60(84)68(94)83-65(40(2)86)69(95)82-58(28-43-11-18-53(98-5)19-12-43)71(97)85-26-6-24-72(85,4)63(90)32-47(66(76)92)27-42-7-9-44(10-8-42)36-77-25-23-57(80-41(3)87)61(88)21-22-64(91)79-39/h7-12,14-20,33-34,37,39-40,47-48,52,57-60,65,77-78,86H,6,13,21-32,35-36,38H2,1-5H3,(H2,76,92)(H,79,91)(H,80,87)(H,81,93)(H,82,95)(H,83,94)/t39-,40-,47-,48-,52+,57+,58+,59+,60+,65+,72+/m1/s1. The number of aromatic nitrogens is 1. The molecular weight excluding hydrogens is 1270 g/mol. The van der Waals surface area contributed by atoms with Crippen molar-refractivity contribution in [2.45, 2.75) is 172 Å². The van der Waals surface area contributed by atoms with E-state index in [0.29, 0.717) is 69.4 Å². The summed E-state index contributed by atoms with van der Waals surface area (Å²) >= 11 is 0. The topological polar surface area (TPSA) is 338 Å². The first-order valence-corrected chi connectivity index (χ1v) is 33.1. The molecule has 10 rings (SSSR count). The lowest BCUT2D eigenvalue weighted by atomic mass is 9.84. The van der Waals surface area contributed by atoms with Crippen LogP contribution >= 0.6 is 0 Å². The lowest BCUT2D eigenvalue weighted by molar-refractivity contribution is -0.147. The minimum Gasteiger partial charge on any atom is -0.497 e. The number of hydrogen-bond donors (Lipinski definition) is 9. The third-order valence-electron chi connectivity index (χ3n) is 19.2. The molecule has 0 saturated carbocycles. The summed E-state index contributed by atoms with van der Waals surface area (Å²) in [6.07, 6.45) is -2.31. The second-order valence-electron chi connectivity index (χ2n) is 26.3. The van der Waals surface area contributed by atoms with Crippen molar-refractivity contribution in [1.29, 1.82) is 0 Å². The zero-order valence-corrected chi connectivity index (χ0v) is 55.5. The number of aliphatic hydroxyl groups is 1. The molecule has 522 valence electrons. The lowest BCUT2D eigenvalue weighted by Crippen LogP contribution is -2.62. The van der Waals surface area contributed by atoms with Crippen LogP contribution in [0.25, 0.3) is 16.5 Å². The quantitative estimate of drug-likeness (QED) is 0.0949. The first-order valence-electron chi connectivity index (χ1n) is 33.1. The Bertz CT molecular complexity index is 3880. The van der Waals surface area contributed by atoms with Gasteiger partial charge in [-0.15, -0.1) is 0 Å². The summed E-state index contributed by atoms with van der Waals surface area (Å²) in [4.78, 5) is 162. The Hall–Kier alpha value is -9.56. The maximum atomic E-state index is 16.1. The van der Waals surface area contributed by atoms with E-state index in [2.05, 4.69) is 36.9 Å². The summed E-state index contributed by atoms with van der Waals surface area (Å²) in [7, 11) is 1.47. The summed E-state index contributed by atoms with van der Waals surface area (Å²) in [5.41, 5.74) is 8.84. The summed E-state index contributed by atoms with van der Waals surface area (Å²) in [6.45, 7) is 5.33. The highest BCUT2D eigenvalue weighted by Gasteiger charge is 2.49. The van der Waals surface area contributed by atoms with E-state index < -0.39 is 162 Å². The molecule has 4 aromatic carbocycles. The van der Waals surface area contributed by atoms with Crippen LogP contribution in [0.4, 0.5) is 13.2 Å². The Labute approximate surface area is 565 Å². The summed E-state index contributed by atoms with van der Waals surface area (Å²) < 4.78 is 51.3. The highest BCUT2D eigenvalue weighted by Crippen LogP contribution is 2.36. The van der Waals surface area contributed by atoms with Crippen molar-refractivity contribution in [3.8, 4) is 5.75 Å². The molecule has 0 radical (unpaired) electrons. The number of halogens is 3. The fraction of sp³-hybridized carbons (Fsp3) is 0.458. The number of hydrogen-bond acceptors (Lipinski definition) is 14. The summed E-state index contributed by atoms with van der Waals surface area (Å²) in [5, 5.41) is 28.2. The number of nitrogens with one attached hydrogen (secondary N) is 7. The Kier molecular flexibility index (Phi) is 23.9. The van der Waals surface area contributed by atoms with Crippen molar-refractivity contribution in [2.75, 3.05) is 26.7 Å². The molecule has 26 heteroatoms. The molecule has 98 heavy (non-hydrogen) atoms. The van der Waals surface area contributed by atoms with Gasteiger partial charge in [0.2, 0.25) is 47.3 Å². The van der Waals surface area contributed by atoms with E-state index in [0.717, 1.165) is 10.5 Å². The average Bonchev–Trinajstić information content (AvgIpc) is 1.63. The van der Waals surface area contributed by atoms with Gasteiger partial charge >= 0.3 is 0 Å². The SMILES string of the molecule is COc1ccc(C[C@@H]2NC(=O)[C@H]([C@@H](C)O)NC(=O)[C@@H]3C[C@H](F)CN3C(=O)[C@H](CC3=CCc4ccc(F)cc43)NC(=O)[C@H](Cc3c[nH]c4ccc(F)cc34)CC(=O)[C@@H](C)NC(=O)CCC(=O)[C@@H](NC(C)=O)CCNCc3ccc(cc3)C[C@@H](C(N)=O)CC(=O)[C@]3(C)CCCN3C2=O)cc1. The predicted octanol–water partition coefficient (Wildman–Crippen LogP) is 4.16. The number of carbonyl (C=O) groups is 11. The number of nitrogens with zero attached hydrogens (tertiary/aromatic N) is 2. The second-order valence-corrected chi connectivity index (χ2v) is 26.3. The molecule has 0 spiro atoms. The molecule has 0 unspecified atom stereocenters. The fourth-order valence-corrected chi connectivity index (χ4v) is 13.6. The van der Waals surface area contributed by atoms with Crippen molar-refractivity contribution in [2.24, 2.45) is 17.6 Å². The lowest BCUT2D eigenvalue weighted by Gasteiger charge is -2.37. The molecule has 11 atom stereocenters. The van der Waals surface area contributed by atoms with E-state index in [9.17, 15) is 52.2 Å². The van der Waals surface area contributed by atoms with Gasteiger partial charge in [-0.3, -0.25) is 52.7 Å². The minimum absolute atomic E-state index is 0.0629. The van der Waals surface area contributed by atoms with E-state index in [1.54, 1.807) is 55.5 Å². The zero-order chi connectivity index (χ0) is 70.7. The number of H-pyrrole nitrogens is 1. The molecule has 4 aliphatic heterocycles. The van der Waals surface area contributed by atoms with Gasteiger partial charge in [-0.1, -0.05) is 48.5 Å². The molecule has 1 aromatic heterocycles. The van der Waals surface area contributed by atoms with Gasteiger partial charge in [-0.25, -0.2) is 13.2 Å². The molecule has 5 aromatic rings. The minimum atomic E-state index is -1.86. The van der Waals surface area contributed by atoms with Crippen LogP contribution < -0.4 is 42.4 Å².